The maximum atomic E-state index is 5.34. The van der Waals surface area contributed by atoms with Crippen LogP contribution in [-0.4, -0.2) is 21.0 Å². The predicted molar refractivity (Wildman–Crippen MR) is 39.2 cm³/mol. The van der Waals surface area contributed by atoms with Crippen molar-refractivity contribution >= 4 is 11.7 Å². The standard InChI is InChI=1S/C4H7N7/c5-3(10-7)2-4(6)11-9-1-8-2/h1H,7H2,(H2,5,10)(H2,6,11). The van der Waals surface area contributed by atoms with Crippen molar-refractivity contribution in [3.63, 3.8) is 0 Å². The van der Waals surface area contributed by atoms with Crippen LogP contribution in [-0.2, 0) is 0 Å². The van der Waals surface area contributed by atoms with E-state index >= 15 is 0 Å². The third-order valence-electron chi connectivity index (χ3n) is 1.03. The van der Waals surface area contributed by atoms with Crippen molar-refractivity contribution in [2.75, 3.05) is 5.73 Å². The zero-order chi connectivity index (χ0) is 8.27. The van der Waals surface area contributed by atoms with Gasteiger partial charge in [-0.25, -0.2) is 4.98 Å². The van der Waals surface area contributed by atoms with Crippen LogP contribution in [0.4, 0.5) is 5.82 Å². The maximum absolute atomic E-state index is 5.34. The number of hydrogen-bond acceptors (Lipinski definition) is 6. The van der Waals surface area contributed by atoms with E-state index in [1.54, 1.807) is 0 Å². The van der Waals surface area contributed by atoms with E-state index in [4.69, 9.17) is 17.3 Å². The number of hydrazone groups is 1. The lowest BCUT2D eigenvalue weighted by Crippen LogP contribution is -2.20. The van der Waals surface area contributed by atoms with E-state index in [0.717, 1.165) is 0 Å². The van der Waals surface area contributed by atoms with Gasteiger partial charge in [0.2, 0.25) is 0 Å². The zero-order valence-electron chi connectivity index (χ0n) is 5.60. The third kappa shape index (κ3) is 1.31. The number of nitrogen functional groups attached to an aromatic ring is 1. The van der Waals surface area contributed by atoms with Gasteiger partial charge in [0.05, 0.1) is 0 Å². The van der Waals surface area contributed by atoms with Crippen LogP contribution in [0.2, 0.25) is 0 Å². The van der Waals surface area contributed by atoms with Gasteiger partial charge in [0, 0.05) is 0 Å². The summed E-state index contributed by atoms with van der Waals surface area (Å²) < 4.78 is 0. The fourth-order valence-corrected chi connectivity index (χ4v) is 0.544. The Balaban J connectivity index is 3.14. The second-order valence-electron chi connectivity index (χ2n) is 1.71. The number of nitrogens with zero attached hydrogens (tertiary/aromatic N) is 4. The molecule has 0 radical (unpaired) electrons. The summed E-state index contributed by atoms with van der Waals surface area (Å²) in [4.78, 5) is 3.71. The van der Waals surface area contributed by atoms with Crippen LogP contribution in [0.25, 0.3) is 0 Å². The summed E-state index contributed by atoms with van der Waals surface area (Å²) in [5.41, 5.74) is 10.9. The van der Waals surface area contributed by atoms with Crippen LogP contribution in [0, 0.1) is 0 Å². The maximum Gasteiger partial charge on any atom is 0.176 e. The molecular formula is C4H7N7. The number of anilines is 1. The molecule has 0 unspecified atom stereocenters. The van der Waals surface area contributed by atoms with Crippen LogP contribution in [0.15, 0.2) is 11.4 Å². The molecule has 1 aromatic heterocycles. The summed E-state index contributed by atoms with van der Waals surface area (Å²) in [5, 5.41) is 10.1. The van der Waals surface area contributed by atoms with Crippen LogP contribution in [0.5, 0.6) is 0 Å². The Morgan fingerprint density at radius 3 is 2.82 bits per heavy atom. The van der Waals surface area contributed by atoms with Crippen molar-refractivity contribution in [3.8, 4) is 0 Å². The fraction of sp³-hybridized carbons (Fsp3) is 0. The van der Waals surface area contributed by atoms with Gasteiger partial charge >= 0.3 is 0 Å². The van der Waals surface area contributed by atoms with E-state index in [2.05, 4.69) is 20.3 Å². The summed E-state index contributed by atoms with van der Waals surface area (Å²) in [6.07, 6.45) is 1.21. The minimum atomic E-state index is 0.0393. The molecule has 0 saturated heterocycles. The molecule has 58 valence electrons. The lowest BCUT2D eigenvalue weighted by atomic mass is 10.4. The van der Waals surface area contributed by atoms with Gasteiger partial charge in [-0.15, -0.1) is 10.2 Å². The highest BCUT2D eigenvalue weighted by molar-refractivity contribution is 5.98. The third-order valence-corrected chi connectivity index (χ3v) is 1.03. The molecule has 0 aliphatic heterocycles. The molecule has 0 saturated carbocycles. The topological polar surface area (TPSA) is 129 Å². The minimum absolute atomic E-state index is 0.0393. The smallest absolute Gasteiger partial charge is 0.176 e. The van der Waals surface area contributed by atoms with E-state index < -0.39 is 0 Å². The summed E-state index contributed by atoms with van der Waals surface area (Å²) in [6.45, 7) is 0. The number of aromatic nitrogens is 3. The molecule has 7 nitrogen and oxygen atoms in total. The molecule has 0 aliphatic carbocycles. The quantitative estimate of drug-likeness (QED) is 0.186. The second kappa shape index (κ2) is 2.78. The van der Waals surface area contributed by atoms with E-state index in [1.807, 2.05) is 0 Å². The first kappa shape index (κ1) is 7.19. The van der Waals surface area contributed by atoms with Crippen LogP contribution < -0.4 is 17.3 Å². The van der Waals surface area contributed by atoms with Crippen molar-refractivity contribution < 1.29 is 0 Å². The minimum Gasteiger partial charge on any atom is -0.380 e. The van der Waals surface area contributed by atoms with Gasteiger partial charge < -0.3 is 17.3 Å². The number of amidine groups is 1. The van der Waals surface area contributed by atoms with Gasteiger partial charge in [-0.2, -0.15) is 5.10 Å². The molecule has 0 amide bonds. The molecule has 0 bridgehead atoms. The molecule has 0 aliphatic rings. The number of nitrogens with two attached hydrogens (primary N) is 3. The van der Waals surface area contributed by atoms with Crippen molar-refractivity contribution in [1.29, 1.82) is 0 Å². The van der Waals surface area contributed by atoms with E-state index in [1.165, 1.54) is 6.33 Å². The first-order valence-corrected chi connectivity index (χ1v) is 2.72. The van der Waals surface area contributed by atoms with Crippen LogP contribution in [0.3, 0.4) is 0 Å². The summed E-state index contributed by atoms with van der Waals surface area (Å²) >= 11 is 0. The molecule has 0 fully saturated rings. The predicted octanol–water partition coefficient (Wildman–Crippen LogP) is -1.97. The first-order valence-electron chi connectivity index (χ1n) is 2.72. The van der Waals surface area contributed by atoms with Crippen LogP contribution >= 0.6 is 0 Å². The fourth-order valence-electron chi connectivity index (χ4n) is 0.544. The van der Waals surface area contributed by atoms with Crippen LogP contribution in [0.1, 0.15) is 5.69 Å². The van der Waals surface area contributed by atoms with Crippen molar-refractivity contribution in [3.05, 3.63) is 12.0 Å². The summed E-state index contributed by atoms with van der Waals surface area (Å²) in [5.74, 6) is 5.04. The molecule has 0 atom stereocenters. The van der Waals surface area contributed by atoms with E-state index in [-0.39, 0.29) is 17.3 Å². The average molecular weight is 153 g/mol. The Bertz CT molecular complexity index is 280. The van der Waals surface area contributed by atoms with E-state index in [0.29, 0.717) is 0 Å². The summed E-state index contributed by atoms with van der Waals surface area (Å²) in [7, 11) is 0. The van der Waals surface area contributed by atoms with Gasteiger partial charge in [0.25, 0.3) is 0 Å². The molecule has 1 aromatic rings. The highest BCUT2D eigenvalue weighted by Gasteiger charge is 2.04. The van der Waals surface area contributed by atoms with E-state index in [9.17, 15) is 0 Å². The average Bonchev–Trinajstić information content (AvgIpc) is 2.04. The molecule has 6 N–H and O–H groups in total. The Hall–Kier alpha value is -1.92. The summed E-state index contributed by atoms with van der Waals surface area (Å²) in [6, 6.07) is 0. The Labute approximate surface area is 62.3 Å². The van der Waals surface area contributed by atoms with Gasteiger partial charge in [0.15, 0.2) is 17.3 Å². The lowest BCUT2D eigenvalue weighted by Gasteiger charge is -1.98. The monoisotopic (exact) mass is 153 g/mol. The first-order chi connectivity index (χ1) is 5.25. The van der Waals surface area contributed by atoms with Gasteiger partial charge in [-0.05, 0) is 0 Å². The number of hydrogen-bond donors (Lipinski definition) is 3. The Morgan fingerprint density at radius 2 is 2.27 bits per heavy atom. The highest BCUT2D eigenvalue weighted by atomic mass is 15.2. The van der Waals surface area contributed by atoms with Gasteiger partial charge in [-0.3, -0.25) is 0 Å². The van der Waals surface area contributed by atoms with Crippen molar-refractivity contribution in [2.24, 2.45) is 16.7 Å². The number of rotatable bonds is 1. The molecule has 0 aromatic carbocycles. The molecule has 1 heterocycles. The Kier molecular flexibility index (Phi) is 1.81. The SMILES string of the molecule is NN=C(N)c1ncnnc1N. The van der Waals surface area contributed by atoms with Gasteiger partial charge in [0.1, 0.15) is 6.33 Å². The molecular weight excluding hydrogens is 146 g/mol. The molecule has 11 heavy (non-hydrogen) atoms. The van der Waals surface area contributed by atoms with Gasteiger partial charge in [-0.1, -0.05) is 0 Å². The highest BCUT2D eigenvalue weighted by Crippen LogP contribution is 1.98. The molecule has 1 rings (SSSR count). The zero-order valence-corrected chi connectivity index (χ0v) is 5.60. The molecule has 7 heteroatoms. The largest absolute Gasteiger partial charge is 0.380 e. The molecule has 0 spiro atoms. The van der Waals surface area contributed by atoms with Crippen molar-refractivity contribution in [1.82, 2.24) is 15.2 Å². The normalized spacial score (nSPS) is 11.5. The lowest BCUT2D eigenvalue weighted by molar-refractivity contribution is 0.969. The second-order valence-corrected chi connectivity index (χ2v) is 1.71. The van der Waals surface area contributed by atoms with Crippen molar-refractivity contribution in [2.45, 2.75) is 0 Å². The Morgan fingerprint density at radius 1 is 1.55 bits per heavy atom.